The van der Waals surface area contributed by atoms with Gasteiger partial charge in [-0.2, -0.15) is 0 Å². The van der Waals surface area contributed by atoms with Gasteiger partial charge in [0, 0.05) is 12.6 Å². The third-order valence-corrected chi connectivity index (χ3v) is 3.09. The summed E-state index contributed by atoms with van der Waals surface area (Å²) in [4.78, 5) is 10.7. The number of hydrogen-bond acceptors (Lipinski definition) is 3. The third-order valence-electron chi connectivity index (χ3n) is 3.09. The van der Waals surface area contributed by atoms with Crippen LogP contribution in [0.5, 0.6) is 0 Å². The van der Waals surface area contributed by atoms with Crippen molar-refractivity contribution in [2.75, 3.05) is 12.4 Å². The van der Waals surface area contributed by atoms with Gasteiger partial charge >= 0.3 is 0 Å². The van der Waals surface area contributed by atoms with E-state index in [-0.39, 0.29) is 10.6 Å². The van der Waals surface area contributed by atoms with Crippen LogP contribution < -0.4 is 5.32 Å². The van der Waals surface area contributed by atoms with Crippen molar-refractivity contribution < 1.29 is 4.92 Å². The number of nitrogens with zero attached hydrogens (tertiary/aromatic N) is 1. The minimum Gasteiger partial charge on any atom is -0.382 e. The first kappa shape index (κ1) is 11.5. The molecule has 4 heteroatoms. The molecular weight excluding hydrogens is 192 g/mol. The van der Waals surface area contributed by atoms with Crippen LogP contribution >= 0.6 is 0 Å². The monoisotopic (exact) mass is 208 g/mol. The van der Waals surface area contributed by atoms with Crippen molar-refractivity contribution >= 4 is 11.4 Å². The Hall–Kier alpha value is -1.58. The molecule has 0 aromatic heterocycles. The van der Waals surface area contributed by atoms with Crippen LogP contribution in [0.15, 0.2) is 0 Å². The van der Waals surface area contributed by atoms with Gasteiger partial charge < -0.3 is 5.32 Å². The van der Waals surface area contributed by atoms with E-state index in [1.807, 2.05) is 20.8 Å². The number of nitrogens with one attached hydrogen (secondary N) is 1. The van der Waals surface area contributed by atoms with Crippen LogP contribution in [0, 0.1) is 37.8 Å². The summed E-state index contributed by atoms with van der Waals surface area (Å²) in [5.74, 6) is 0. The molecule has 0 spiro atoms. The highest BCUT2D eigenvalue weighted by molar-refractivity contribution is 5.73. The summed E-state index contributed by atoms with van der Waals surface area (Å²) in [5, 5.41) is 13.9. The Kier molecular flexibility index (Phi) is 2.98. The molecule has 1 rings (SSSR count). The third kappa shape index (κ3) is 1.67. The van der Waals surface area contributed by atoms with Crippen molar-refractivity contribution in [1.82, 2.24) is 0 Å². The predicted octanol–water partition coefficient (Wildman–Crippen LogP) is 2.87. The average Bonchev–Trinajstić information content (AvgIpc) is 2.19. The van der Waals surface area contributed by atoms with Gasteiger partial charge in [-0.15, -0.1) is 0 Å². The van der Waals surface area contributed by atoms with Crippen LogP contribution in [0.1, 0.15) is 22.3 Å². The van der Waals surface area contributed by atoms with Crippen LogP contribution in [0.2, 0.25) is 0 Å². The summed E-state index contributed by atoms with van der Waals surface area (Å²) in [6.07, 6.45) is 0. The lowest BCUT2D eigenvalue weighted by Gasteiger charge is -2.14. The van der Waals surface area contributed by atoms with E-state index in [0.29, 0.717) is 5.69 Å². The van der Waals surface area contributed by atoms with Crippen LogP contribution in [0.25, 0.3) is 0 Å². The van der Waals surface area contributed by atoms with Crippen molar-refractivity contribution in [1.29, 1.82) is 0 Å². The van der Waals surface area contributed by atoms with E-state index in [9.17, 15) is 10.1 Å². The molecule has 1 aromatic carbocycles. The topological polar surface area (TPSA) is 55.2 Å². The van der Waals surface area contributed by atoms with Gasteiger partial charge in [0.25, 0.3) is 5.69 Å². The molecule has 0 aliphatic rings. The second kappa shape index (κ2) is 3.88. The predicted molar refractivity (Wildman–Crippen MR) is 61.6 cm³/mol. The molecule has 0 fully saturated rings. The zero-order chi connectivity index (χ0) is 11.7. The molecule has 0 radical (unpaired) electrons. The molecule has 82 valence electrons. The van der Waals surface area contributed by atoms with E-state index in [1.165, 1.54) is 0 Å². The maximum absolute atomic E-state index is 11.0. The Morgan fingerprint density at radius 2 is 1.47 bits per heavy atom. The Bertz CT molecular complexity index is 425. The summed E-state index contributed by atoms with van der Waals surface area (Å²) >= 11 is 0. The van der Waals surface area contributed by atoms with Gasteiger partial charge in [-0.1, -0.05) is 0 Å². The summed E-state index contributed by atoms with van der Waals surface area (Å²) in [6, 6.07) is 0. The maximum atomic E-state index is 11.0. The standard InChI is InChI=1S/C11H16N2O2/c1-6-7(2)9(4)11(13(14)15)10(12-5)8(6)3/h12H,1-5H3. The molecule has 4 nitrogen and oxygen atoms in total. The van der Waals surface area contributed by atoms with Crippen LogP contribution in [0.4, 0.5) is 11.4 Å². The van der Waals surface area contributed by atoms with E-state index in [0.717, 1.165) is 22.3 Å². The number of nitro benzene ring substituents is 1. The fraction of sp³-hybridized carbons (Fsp3) is 0.455. The number of anilines is 1. The second-order valence-electron chi connectivity index (χ2n) is 3.73. The van der Waals surface area contributed by atoms with Crippen molar-refractivity contribution in [3.8, 4) is 0 Å². The van der Waals surface area contributed by atoms with E-state index in [2.05, 4.69) is 5.32 Å². The number of benzene rings is 1. The van der Waals surface area contributed by atoms with Crippen LogP contribution in [-0.4, -0.2) is 12.0 Å². The van der Waals surface area contributed by atoms with Gasteiger partial charge in [-0.05, 0) is 44.4 Å². The Morgan fingerprint density at radius 3 is 1.87 bits per heavy atom. The molecule has 0 unspecified atom stereocenters. The van der Waals surface area contributed by atoms with E-state index in [4.69, 9.17) is 0 Å². The highest BCUT2D eigenvalue weighted by Gasteiger charge is 2.22. The first-order valence-corrected chi connectivity index (χ1v) is 4.84. The quantitative estimate of drug-likeness (QED) is 0.600. The Morgan fingerprint density at radius 1 is 1.00 bits per heavy atom. The van der Waals surface area contributed by atoms with Gasteiger partial charge in [-0.3, -0.25) is 10.1 Å². The highest BCUT2D eigenvalue weighted by Crippen LogP contribution is 2.36. The van der Waals surface area contributed by atoms with E-state index < -0.39 is 0 Å². The highest BCUT2D eigenvalue weighted by atomic mass is 16.6. The van der Waals surface area contributed by atoms with Gasteiger partial charge in [0.15, 0.2) is 0 Å². The van der Waals surface area contributed by atoms with Gasteiger partial charge in [0.05, 0.1) is 4.92 Å². The molecule has 1 aromatic rings. The molecule has 0 amide bonds. The Labute approximate surface area is 89.5 Å². The lowest BCUT2D eigenvalue weighted by Crippen LogP contribution is -2.05. The molecule has 0 heterocycles. The van der Waals surface area contributed by atoms with Crippen LogP contribution in [0.3, 0.4) is 0 Å². The molecule has 0 saturated carbocycles. The normalized spacial score (nSPS) is 10.2. The maximum Gasteiger partial charge on any atom is 0.295 e. The first-order chi connectivity index (χ1) is 6.91. The average molecular weight is 208 g/mol. The number of nitro groups is 1. The summed E-state index contributed by atoms with van der Waals surface area (Å²) in [6.45, 7) is 7.60. The minimum absolute atomic E-state index is 0.193. The number of rotatable bonds is 2. The fourth-order valence-electron chi connectivity index (χ4n) is 1.83. The zero-order valence-electron chi connectivity index (χ0n) is 9.76. The second-order valence-corrected chi connectivity index (χ2v) is 3.73. The van der Waals surface area contributed by atoms with E-state index >= 15 is 0 Å². The summed E-state index contributed by atoms with van der Waals surface area (Å²) in [7, 11) is 1.71. The lowest BCUT2D eigenvalue weighted by atomic mass is 9.96. The molecule has 1 N–H and O–H groups in total. The van der Waals surface area contributed by atoms with E-state index in [1.54, 1.807) is 14.0 Å². The SMILES string of the molecule is CNc1c(C)c(C)c(C)c(C)c1[N+](=O)[O-]. The molecule has 0 aliphatic carbocycles. The molecular formula is C11H16N2O2. The van der Waals surface area contributed by atoms with Crippen LogP contribution in [-0.2, 0) is 0 Å². The van der Waals surface area contributed by atoms with Gasteiger partial charge in [-0.25, -0.2) is 0 Å². The van der Waals surface area contributed by atoms with Crippen molar-refractivity contribution in [2.45, 2.75) is 27.7 Å². The summed E-state index contributed by atoms with van der Waals surface area (Å²) in [5.41, 5.74) is 4.62. The first-order valence-electron chi connectivity index (χ1n) is 4.84. The minimum atomic E-state index is -0.319. The molecule has 0 bridgehead atoms. The zero-order valence-corrected chi connectivity index (χ0v) is 9.76. The molecule has 15 heavy (non-hydrogen) atoms. The number of hydrogen-bond donors (Lipinski definition) is 1. The van der Waals surface area contributed by atoms with Crippen molar-refractivity contribution in [2.24, 2.45) is 0 Å². The van der Waals surface area contributed by atoms with Gasteiger partial charge in [0.2, 0.25) is 0 Å². The molecule has 0 saturated heterocycles. The molecule has 0 atom stereocenters. The lowest BCUT2D eigenvalue weighted by molar-refractivity contribution is -0.384. The Balaban J connectivity index is 3.70. The molecule has 0 aliphatic heterocycles. The summed E-state index contributed by atoms with van der Waals surface area (Å²) < 4.78 is 0. The van der Waals surface area contributed by atoms with Crippen molar-refractivity contribution in [3.05, 3.63) is 32.4 Å². The van der Waals surface area contributed by atoms with Gasteiger partial charge in [0.1, 0.15) is 5.69 Å². The van der Waals surface area contributed by atoms with Crippen molar-refractivity contribution in [3.63, 3.8) is 0 Å². The smallest absolute Gasteiger partial charge is 0.295 e. The largest absolute Gasteiger partial charge is 0.382 e. The fourth-order valence-corrected chi connectivity index (χ4v) is 1.83.